The Morgan fingerprint density at radius 2 is 1.29 bits per heavy atom. The number of esters is 2. The summed E-state index contributed by atoms with van der Waals surface area (Å²) in [5.74, 6) is -0.580. The molecular weight excluding hydrogens is 278 g/mol. The zero-order valence-corrected chi connectivity index (χ0v) is 13.2. The van der Waals surface area contributed by atoms with Crippen LogP contribution in [0.1, 0.15) is 33.6 Å². The summed E-state index contributed by atoms with van der Waals surface area (Å²) in [5, 5.41) is 0. The van der Waals surface area contributed by atoms with Gasteiger partial charge in [-0.15, -0.1) is 0 Å². The van der Waals surface area contributed by atoms with E-state index in [0.29, 0.717) is 13.2 Å². The molecule has 0 bridgehead atoms. The third-order valence-electron chi connectivity index (χ3n) is 2.38. The fourth-order valence-corrected chi connectivity index (χ4v) is 1.43. The smallest absolute Gasteiger partial charge is 0.308 e. The van der Waals surface area contributed by atoms with Gasteiger partial charge in [0, 0.05) is 0 Å². The highest BCUT2D eigenvalue weighted by Crippen LogP contribution is 2.03. The van der Waals surface area contributed by atoms with E-state index in [2.05, 4.69) is 0 Å². The van der Waals surface area contributed by atoms with Crippen molar-refractivity contribution in [3.05, 3.63) is 0 Å². The molecule has 0 aliphatic carbocycles. The molecule has 0 aliphatic rings. The van der Waals surface area contributed by atoms with Crippen LogP contribution in [-0.2, 0) is 28.5 Å². The van der Waals surface area contributed by atoms with Gasteiger partial charge in [-0.05, 0) is 20.8 Å². The molecule has 124 valence electrons. The second-order valence-corrected chi connectivity index (χ2v) is 4.87. The summed E-state index contributed by atoms with van der Waals surface area (Å²) in [6.45, 7) is 7.04. The fraction of sp³-hybridized carbons (Fsp3) is 0.857. The molecule has 0 rings (SSSR count). The van der Waals surface area contributed by atoms with Crippen molar-refractivity contribution in [2.75, 3.05) is 39.6 Å². The van der Waals surface area contributed by atoms with Gasteiger partial charge in [-0.3, -0.25) is 9.59 Å². The summed E-state index contributed by atoms with van der Waals surface area (Å²) < 4.78 is 20.2. The number of nitrogens with two attached hydrogens (primary N) is 1. The number of ether oxygens (including phenoxy) is 4. The van der Waals surface area contributed by atoms with Crippen LogP contribution in [0.2, 0.25) is 0 Å². The highest BCUT2D eigenvalue weighted by molar-refractivity contribution is 5.69. The second-order valence-electron chi connectivity index (χ2n) is 4.87. The van der Waals surface area contributed by atoms with Gasteiger partial charge in [0.1, 0.15) is 0 Å². The number of hydrogen-bond acceptors (Lipinski definition) is 7. The average Bonchev–Trinajstić information content (AvgIpc) is 2.41. The predicted molar refractivity (Wildman–Crippen MR) is 76.7 cm³/mol. The standard InChI is InChI=1S/C14H27NO6/c1-4-20-12(16)6-8-18-10-14(3,15)11-19-9-7-13(17)21-5-2/h4-11,15H2,1-3H3. The Morgan fingerprint density at radius 3 is 1.62 bits per heavy atom. The van der Waals surface area contributed by atoms with Crippen LogP contribution in [0.3, 0.4) is 0 Å². The van der Waals surface area contributed by atoms with E-state index in [1.807, 2.05) is 0 Å². The minimum Gasteiger partial charge on any atom is -0.466 e. The minimum absolute atomic E-state index is 0.202. The van der Waals surface area contributed by atoms with E-state index in [9.17, 15) is 9.59 Å². The Labute approximate surface area is 126 Å². The third kappa shape index (κ3) is 12.3. The van der Waals surface area contributed by atoms with Crippen LogP contribution < -0.4 is 5.73 Å². The summed E-state index contributed by atoms with van der Waals surface area (Å²) in [6.07, 6.45) is 0.404. The Balaban J connectivity index is 3.64. The van der Waals surface area contributed by atoms with Crippen molar-refractivity contribution in [2.24, 2.45) is 5.73 Å². The second kappa shape index (κ2) is 11.5. The van der Waals surface area contributed by atoms with E-state index in [4.69, 9.17) is 24.7 Å². The molecule has 0 aromatic rings. The van der Waals surface area contributed by atoms with Crippen LogP contribution in [0.5, 0.6) is 0 Å². The maximum absolute atomic E-state index is 11.1. The molecule has 0 aliphatic heterocycles. The average molecular weight is 305 g/mol. The fourth-order valence-electron chi connectivity index (χ4n) is 1.43. The summed E-state index contributed by atoms with van der Waals surface area (Å²) in [4.78, 5) is 22.2. The van der Waals surface area contributed by atoms with E-state index in [1.54, 1.807) is 20.8 Å². The van der Waals surface area contributed by atoms with Crippen LogP contribution in [0.15, 0.2) is 0 Å². The lowest BCUT2D eigenvalue weighted by molar-refractivity contribution is -0.145. The maximum Gasteiger partial charge on any atom is 0.308 e. The van der Waals surface area contributed by atoms with Crippen molar-refractivity contribution in [2.45, 2.75) is 39.2 Å². The van der Waals surface area contributed by atoms with Gasteiger partial charge in [0.15, 0.2) is 0 Å². The molecule has 0 atom stereocenters. The van der Waals surface area contributed by atoms with Crippen molar-refractivity contribution in [3.63, 3.8) is 0 Å². The molecule has 0 spiro atoms. The van der Waals surface area contributed by atoms with Gasteiger partial charge in [-0.25, -0.2) is 0 Å². The van der Waals surface area contributed by atoms with Crippen LogP contribution >= 0.6 is 0 Å². The first-order valence-corrected chi connectivity index (χ1v) is 7.17. The molecule has 0 amide bonds. The number of carbonyl (C=O) groups is 2. The van der Waals surface area contributed by atoms with Crippen molar-refractivity contribution in [1.82, 2.24) is 0 Å². The molecule has 2 N–H and O–H groups in total. The van der Waals surface area contributed by atoms with E-state index in [-0.39, 0.29) is 51.2 Å². The summed E-state index contributed by atoms with van der Waals surface area (Å²) in [5.41, 5.74) is 5.31. The van der Waals surface area contributed by atoms with Gasteiger partial charge in [-0.1, -0.05) is 0 Å². The molecule has 0 fully saturated rings. The highest BCUT2D eigenvalue weighted by atomic mass is 16.5. The Bertz CT molecular complexity index is 278. The first kappa shape index (κ1) is 19.8. The van der Waals surface area contributed by atoms with Crippen LogP contribution in [-0.4, -0.2) is 57.1 Å². The molecule has 0 radical (unpaired) electrons. The maximum atomic E-state index is 11.1. The van der Waals surface area contributed by atoms with Gasteiger partial charge < -0.3 is 24.7 Å². The Kier molecular flexibility index (Phi) is 10.8. The lowest BCUT2D eigenvalue weighted by Gasteiger charge is -2.24. The van der Waals surface area contributed by atoms with Crippen molar-refractivity contribution in [1.29, 1.82) is 0 Å². The molecule has 7 nitrogen and oxygen atoms in total. The molecular formula is C14H27NO6. The monoisotopic (exact) mass is 305 g/mol. The first-order chi connectivity index (χ1) is 9.91. The molecule has 0 saturated carbocycles. The SMILES string of the molecule is CCOC(=O)CCOCC(C)(N)COCCC(=O)OCC. The van der Waals surface area contributed by atoms with Gasteiger partial charge in [0.2, 0.25) is 0 Å². The van der Waals surface area contributed by atoms with Gasteiger partial charge in [0.05, 0.1) is 58.0 Å². The van der Waals surface area contributed by atoms with Crippen molar-refractivity contribution < 1.29 is 28.5 Å². The zero-order valence-electron chi connectivity index (χ0n) is 13.2. The Hall–Kier alpha value is -1.18. The Morgan fingerprint density at radius 1 is 0.905 bits per heavy atom. The number of rotatable bonds is 12. The first-order valence-electron chi connectivity index (χ1n) is 7.17. The summed E-state index contributed by atoms with van der Waals surface area (Å²) in [6, 6.07) is 0. The molecule has 0 heterocycles. The van der Waals surface area contributed by atoms with E-state index in [0.717, 1.165) is 0 Å². The molecule has 0 aromatic carbocycles. The van der Waals surface area contributed by atoms with Gasteiger partial charge >= 0.3 is 11.9 Å². The van der Waals surface area contributed by atoms with Gasteiger partial charge in [-0.2, -0.15) is 0 Å². The molecule has 0 saturated heterocycles. The van der Waals surface area contributed by atoms with E-state index < -0.39 is 5.54 Å². The molecule has 21 heavy (non-hydrogen) atoms. The number of carbonyl (C=O) groups excluding carboxylic acids is 2. The minimum atomic E-state index is -0.677. The summed E-state index contributed by atoms with van der Waals surface area (Å²) >= 11 is 0. The molecule has 0 aromatic heterocycles. The van der Waals surface area contributed by atoms with E-state index in [1.165, 1.54) is 0 Å². The van der Waals surface area contributed by atoms with Crippen molar-refractivity contribution in [3.8, 4) is 0 Å². The molecule has 7 heteroatoms. The van der Waals surface area contributed by atoms with E-state index >= 15 is 0 Å². The summed E-state index contributed by atoms with van der Waals surface area (Å²) in [7, 11) is 0. The lowest BCUT2D eigenvalue weighted by atomic mass is 10.1. The van der Waals surface area contributed by atoms with Crippen LogP contribution in [0.25, 0.3) is 0 Å². The largest absolute Gasteiger partial charge is 0.466 e. The zero-order chi connectivity index (χ0) is 16.1. The quantitative estimate of drug-likeness (QED) is 0.417. The van der Waals surface area contributed by atoms with Crippen molar-refractivity contribution >= 4 is 11.9 Å². The number of hydrogen-bond donors (Lipinski definition) is 1. The highest BCUT2D eigenvalue weighted by Gasteiger charge is 2.19. The van der Waals surface area contributed by atoms with Crippen LogP contribution in [0.4, 0.5) is 0 Å². The molecule has 0 unspecified atom stereocenters. The van der Waals surface area contributed by atoms with Crippen LogP contribution in [0, 0.1) is 0 Å². The predicted octanol–water partition coefficient (Wildman–Crippen LogP) is 0.643. The lowest BCUT2D eigenvalue weighted by Crippen LogP contribution is -2.46. The van der Waals surface area contributed by atoms with Gasteiger partial charge in [0.25, 0.3) is 0 Å². The third-order valence-corrected chi connectivity index (χ3v) is 2.38. The normalized spacial score (nSPS) is 11.2. The topological polar surface area (TPSA) is 97.1 Å².